The van der Waals surface area contributed by atoms with Gasteiger partial charge in [0.05, 0.1) is 0 Å². The lowest BCUT2D eigenvalue weighted by Crippen LogP contribution is -2.04. The smallest absolute Gasteiger partial charge is 0.223 e. The largest absolute Gasteiger partial charge is 0.453 e. The van der Waals surface area contributed by atoms with Crippen molar-refractivity contribution in [3.63, 3.8) is 0 Å². The molecule has 0 atom stereocenters. The fourth-order valence-electron chi connectivity index (χ4n) is 2.83. The molecule has 0 fully saturated rings. The van der Waals surface area contributed by atoms with Gasteiger partial charge < -0.3 is 4.42 Å². The van der Waals surface area contributed by atoms with Crippen LogP contribution in [0.5, 0.6) is 0 Å². The molecule has 1 aromatic carbocycles. The predicted molar refractivity (Wildman–Crippen MR) is 81.1 cm³/mol. The maximum Gasteiger partial charge on any atom is 0.223 e. The van der Waals surface area contributed by atoms with Crippen LogP contribution in [0.2, 0.25) is 0 Å². The van der Waals surface area contributed by atoms with Crippen molar-refractivity contribution in [1.82, 2.24) is 0 Å². The van der Waals surface area contributed by atoms with E-state index in [4.69, 9.17) is 4.42 Å². The average Bonchev–Trinajstić information content (AvgIpc) is 2.80. The molecule has 0 bridgehead atoms. The van der Waals surface area contributed by atoms with Crippen LogP contribution in [0.1, 0.15) is 54.6 Å². The summed E-state index contributed by atoms with van der Waals surface area (Å²) in [7, 11) is 0. The summed E-state index contributed by atoms with van der Waals surface area (Å²) >= 11 is 0. The Bertz CT molecular complexity index is 661. The minimum absolute atomic E-state index is 0.0701. The second-order valence-corrected chi connectivity index (χ2v) is 5.66. The van der Waals surface area contributed by atoms with E-state index in [2.05, 4.69) is 12.1 Å². The number of furan rings is 1. The van der Waals surface area contributed by atoms with Gasteiger partial charge >= 0.3 is 0 Å². The lowest BCUT2D eigenvalue weighted by molar-refractivity contribution is 0.100. The van der Waals surface area contributed by atoms with Gasteiger partial charge in [-0.2, -0.15) is 0 Å². The normalized spacial score (nSPS) is 19.1. The molecule has 0 spiro atoms. The van der Waals surface area contributed by atoms with Crippen LogP contribution in [0, 0.1) is 6.92 Å². The van der Waals surface area contributed by atoms with Crippen molar-refractivity contribution in [2.45, 2.75) is 45.4 Å². The first-order valence-corrected chi connectivity index (χ1v) is 7.48. The minimum Gasteiger partial charge on any atom is -0.453 e. The Hall–Kier alpha value is -1.83. The van der Waals surface area contributed by atoms with Crippen LogP contribution in [-0.4, -0.2) is 5.78 Å². The molecule has 2 aromatic rings. The first-order valence-electron chi connectivity index (χ1n) is 7.48. The third-order valence-corrected chi connectivity index (χ3v) is 3.98. The van der Waals surface area contributed by atoms with E-state index in [0.29, 0.717) is 5.76 Å². The summed E-state index contributed by atoms with van der Waals surface area (Å²) < 4.78 is 5.72. The molecule has 1 heterocycles. The maximum absolute atomic E-state index is 12.6. The lowest BCUT2D eigenvalue weighted by atomic mass is 9.96. The van der Waals surface area contributed by atoms with Gasteiger partial charge in [0.1, 0.15) is 5.58 Å². The van der Waals surface area contributed by atoms with Crippen molar-refractivity contribution >= 4 is 16.8 Å². The van der Waals surface area contributed by atoms with Crippen LogP contribution in [0.3, 0.4) is 0 Å². The van der Waals surface area contributed by atoms with Crippen LogP contribution in [0.25, 0.3) is 11.0 Å². The van der Waals surface area contributed by atoms with Gasteiger partial charge in [-0.1, -0.05) is 30.5 Å². The maximum atomic E-state index is 12.6. The van der Waals surface area contributed by atoms with Crippen molar-refractivity contribution < 1.29 is 9.21 Å². The van der Waals surface area contributed by atoms with Gasteiger partial charge in [0.15, 0.2) is 5.76 Å². The van der Waals surface area contributed by atoms with E-state index < -0.39 is 0 Å². The van der Waals surface area contributed by atoms with Crippen molar-refractivity contribution in [2.24, 2.45) is 0 Å². The zero-order chi connectivity index (χ0) is 13.9. The molecular formula is C18H20O2. The van der Waals surface area contributed by atoms with Gasteiger partial charge in [0, 0.05) is 5.39 Å². The second kappa shape index (κ2) is 5.66. The highest BCUT2D eigenvalue weighted by Gasteiger charge is 2.17. The van der Waals surface area contributed by atoms with Crippen molar-refractivity contribution in [2.75, 3.05) is 0 Å². The zero-order valence-corrected chi connectivity index (χ0v) is 11.9. The summed E-state index contributed by atoms with van der Waals surface area (Å²) in [6, 6.07) is 7.88. The Morgan fingerprint density at radius 2 is 1.95 bits per heavy atom. The molecule has 104 valence electrons. The predicted octanol–water partition coefficient (Wildman–Crippen LogP) is 5.20. The molecule has 20 heavy (non-hydrogen) atoms. The quantitative estimate of drug-likeness (QED) is 0.700. The number of carbonyl (C=O) groups excluding carboxylic acids is 1. The summed E-state index contributed by atoms with van der Waals surface area (Å²) in [5.74, 6) is 0.554. The summed E-state index contributed by atoms with van der Waals surface area (Å²) in [6.07, 6.45) is 8.81. The van der Waals surface area contributed by atoms with Crippen LogP contribution < -0.4 is 0 Å². The van der Waals surface area contributed by atoms with E-state index >= 15 is 0 Å². The summed E-state index contributed by atoms with van der Waals surface area (Å²) in [5, 5.41) is 1.01. The molecule has 0 saturated carbocycles. The third kappa shape index (κ3) is 2.69. The van der Waals surface area contributed by atoms with Gasteiger partial charge in [-0.05, 0) is 56.4 Å². The summed E-state index contributed by atoms with van der Waals surface area (Å²) in [6.45, 7) is 2.05. The highest BCUT2D eigenvalue weighted by molar-refractivity contribution is 6.08. The van der Waals surface area contributed by atoms with Crippen LogP contribution >= 0.6 is 0 Å². The minimum atomic E-state index is 0.0701. The number of benzene rings is 1. The average molecular weight is 268 g/mol. The number of Topliss-reactive ketones (excluding diaryl/α,β-unsaturated/α-hetero) is 1. The number of aryl methyl sites for hydroxylation is 1. The first kappa shape index (κ1) is 13.2. The lowest BCUT2D eigenvalue weighted by Gasteiger charge is -2.08. The Kier molecular flexibility index (Phi) is 3.72. The number of ketones is 1. The van der Waals surface area contributed by atoms with Gasteiger partial charge in [-0.25, -0.2) is 0 Å². The Balaban J connectivity index is 1.91. The highest BCUT2D eigenvalue weighted by atomic mass is 16.3. The molecule has 0 unspecified atom stereocenters. The SMILES string of the molecule is Cc1ccc2oc(C(=O)/C3=C/CCCCCC3)cc2c1. The molecule has 1 aliphatic carbocycles. The highest BCUT2D eigenvalue weighted by Crippen LogP contribution is 2.25. The van der Waals surface area contributed by atoms with E-state index in [1.807, 2.05) is 25.1 Å². The molecule has 1 aromatic heterocycles. The van der Waals surface area contributed by atoms with Crippen molar-refractivity contribution in [3.8, 4) is 0 Å². The standard InChI is InChI=1S/C18H20O2/c1-13-9-10-16-15(11-13)12-17(20-16)18(19)14-7-5-3-2-4-6-8-14/h7,9-12H,2-6,8H2,1H3/b14-7+. The van der Waals surface area contributed by atoms with E-state index in [1.165, 1.54) is 24.8 Å². The molecule has 2 nitrogen and oxygen atoms in total. The molecule has 0 N–H and O–H groups in total. The van der Waals surface area contributed by atoms with Gasteiger partial charge in [0.25, 0.3) is 0 Å². The molecule has 0 amide bonds. The van der Waals surface area contributed by atoms with E-state index in [0.717, 1.165) is 35.8 Å². The number of allylic oxidation sites excluding steroid dienone is 2. The molecule has 0 radical (unpaired) electrons. The number of rotatable bonds is 2. The van der Waals surface area contributed by atoms with Crippen LogP contribution in [0.4, 0.5) is 0 Å². The van der Waals surface area contributed by atoms with E-state index in [-0.39, 0.29) is 5.78 Å². The monoisotopic (exact) mass is 268 g/mol. The molecule has 3 rings (SSSR count). The first-order chi connectivity index (χ1) is 9.74. The number of hydrogen-bond donors (Lipinski definition) is 0. The van der Waals surface area contributed by atoms with Crippen molar-refractivity contribution in [1.29, 1.82) is 0 Å². The van der Waals surface area contributed by atoms with Crippen LogP contribution in [-0.2, 0) is 0 Å². The molecule has 0 aliphatic heterocycles. The topological polar surface area (TPSA) is 30.2 Å². The molecular weight excluding hydrogens is 248 g/mol. The van der Waals surface area contributed by atoms with Crippen LogP contribution in [0.15, 0.2) is 40.3 Å². The van der Waals surface area contributed by atoms with Gasteiger partial charge in [0.2, 0.25) is 5.78 Å². The molecule has 1 aliphatic rings. The van der Waals surface area contributed by atoms with Gasteiger partial charge in [-0.3, -0.25) is 4.79 Å². The zero-order valence-electron chi connectivity index (χ0n) is 11.9. The summed E-state index contributed by atoms with van der Waals surface area (Å²) in [5.41, 5.74) is 2.91. The number of hydrogen-bond acceptors (Lipinski definition) is 2. The Labute approximate surface area is 119 Å². The van der Waals surface area contributed by atoms with Crippen molar-refractivity contribution in [3.05, 3.63) is 47.2 Å². The Morgan fingerprint density at radius 1 is 1.10 bits per heavy atom. The van der Waals surface area contributed by atoms with Gasteiger partial charge in [-0.15, -0.1) is 0 Å². The second-order valence-electron chi connectivity index (χ2n) is 5.66. The summed E-state index contributed by atoms with van der Waals surface area (Å²) in [4.78, 5) is 12.6. The van der Waals surface area contributed by atoms with E-state index in [9.17, 15) is 4.79 Å². The fraction of sp³-hybridized carbons (Fsp3) is 0.389. The third-order valence-electron chi connectivity index (χ3n) is 3.98. The fourth-order valence-corrected chi connectivity index (χ4v) is 2.83. The van der Waals surface area contributed by atoms with E-state index in [1.54, 1.807) is 0 Å². The number of fused-ring (bicyclic) bond motifs is 1. The molecule has 0 saturated heterocycles. The number of carbonyl (C=O) groups is 1. The molecule has 2 heteroatoms. The Morgan fingerprint density at radius 3 is 2.85 bits per heavy atom.